The van der Waals surface area contributed by atoms with E-state index in [9.17, 15) is 0 Å². The summed E-state index contributed by atoms with van der Waals surface area (Å²) < 4.78 is 5.79. The van der Waals surface area contributed by atoms with Gasteiger partial charge >= 0.3 is 0 Å². The highest BCUT2D eigenvalue weighted by Crippen LogP contribution is 2.29. The van der Waals surface area contributed by atoms with Gasteiger partial charge in [0.1, 0.15) is 12.5 Å². The van der Waals surface area contributed by atoms with Gasteiger partial charge in [0.2, 0.25) is 0 Å². The van der Waals surface area contributed by atoms with Gasteiger partial charge < -0.3 is 15.4 Å². The minimum atomic E-state index is 0.0962. The van der Waals surface area contributed by atoms with Crippen molar-refractivity contribution in [3.63, 3.8) is 0 Å². The second-order valence-electron chi connectivity index (χ2n) is 5.25. The molecule has 104 valence electrons. The number of hydrogen-bond donors (Lipinski definition) is 3. The fraction of sp³-hybridized carbons (Fsp3) is 0.615. The van der Waals surface area contributed by atoms with Gasteiger partial charge in [0, 0.05) is 25.2 Å². The predicted octanol–water partition coefficient (Wildman–Crippen LogP) is 0.677. The number of anilines is 2. The van der Waals surface area contributed by atoms with E-state index >= 15 is 0 Å². The van der Waals surface area contributed by atoms with E-state index in [1.807, 2.05) is 13.0 Å². The number of nitrogens with two attached hydrogens (primary N) is 1. The average molecular weight is 263 g/mol. The zero-order chi connectivity index (χ0) is 13.2. The molecule has 2 fully saturated rings. The number of pyridine rings is 1. The van der Waals surface area contributed by atoms with Crippen LogP contribution in [0.1, 0.15) is 19.8 Å². The van der Waals surface area contributed by atoms with Crippen molar-refractivity contribution in [2.24, 2.45) is 5.92 Å². The fourth-order valence-electron chi connectivity index (χ4n) is 2.85. The maximum atomic E-state index is 5.98. The molecule has 1 aromatic heterocycles. The number of aromatic nitrogens is 1. The third-order valence-electron chi connectivity index (χ3n) is 3.92. The zero-order valence-electron chi connectivity index (χ0n) is 11.2. The lowest BCUT2D eigenvalue weighted by Crippen LogP contribution is -2.43. The smallest absolute Gasteiger partial charge is 0.125 e. The van der Waals surface area contributed by atoms with Crippen LogP contribution in [0.15, 0.2) is 18.5 Å². The fourth-order valence-corrected chi connectivity index (χ4v) is 2.85. The van der Waals surface area contributed by atoms with E-state index in [2.05, 4.69) is 20.7 Å². The summed E-state index contributed by atoms with van der Waals surface area (Å²) in [7, 11) is 0. The van der Waals surface area contributed by atoms with Crippen LogP contribution < -0.4 is 21.5 Å². The van der Waals surface area contributed by atoms with Gasteiger partial charge in [-0.2, -0.15) is 0 Å². The molecule has 0 radical (unpaired) electrons. The van der Waals surface area contributed by atoms with Crippen LogP contribution in [-0.4, -0.2) is 30.5 Å². The van der Waals surface area contributed by atoms with Gasteiger partial charge in [-0.05, 0) is 25.8 Å². The second-order valence-corrected chi connectivity index (χ2v) is 5.25. The lowest BCUT2D eigenvalue weighted by atomic mass is 9.95. The number of nitrogens with one attached hydrogen (secondary N) is 2. The molecular formula is C13H21N5O. The number of rotatable bonds is 2. The van der Waals surface area contributed by atoms with Crippen molar-refractivity contribution in [2.75, 3.05) is 23.7 Å². The molecule has 1 aromatic rings. The Bertz CT molecular complexity index is 433. The van der Waals surface area contributed by atoms with Crippen LogP contribution in [-0.2, 0) is 4.74 Å². The molecule has 2 atom stereocenters. The van der Waals surface area contributed by atoms with Crippen LogP contribution in [0, 0.1) is 5.92 Å². The monoisotopic (exact) mass is 263 g/mol. The van der Waals surface area contributed by atoms with Crippen LogP contribution in [0.4, 0.5) is 11.4 Å². The molecule has 0 spiro atoms. The van der Waals surface area contributed by atoms with Gasteiger partial charge in [0.05, 0.1) is 17.6 Å². The number of hydrogen-bond acceptors (Lipinski definition) is 6. The summed E-state index contributed by atoms with van der Waals surface area (Å²) in [4.78, 5) is 6.37. The zero-order valence-corrected chi connectivity index (χ0v) is 11.2. The molecule has 2 unspecified atom stereocenters. The van der Waals surface area contributed by atoms with Gasteiger partial charge in [-0.3, -0.25) is 4.98 Å². The average Bonchev–Trinajstić information content (AvgIpc) is 2.86. The third kappa shape index (κ3) is 2.65. The summed E-state index contributed by atoms with van der Waals surface area (Å²) in [6, 6.07) is 1.99. The Morgan fingerprint density at radius 1 is 1.37 bits per heavy atom. The van der Waals surface area contributed by atoms with Gasteiger partial charge in [-0.1, -0.05) is 0 Å². The molecule has 0 saturated carbocycles. The minimum Gasteiger partial charge on any atom is -0.396 e. The summed E-state index contributed by atoms with van der Waals surface area (Å²) in [5.41, 5.74) is 14.2. The quantitative estimate of drug-likeness (QED) is 0.728. The Kier molecular flexibility index (Phi) is 3.54. The Labute approximate surface area is 113 Å². The maximum absolute atomic E-state index is 5.98. The van der Waals surface area contributed by atoms with Crippen LogP contribution in [0.5, 0.6) is 0 Å². The Morgan fingerprint density at radius 3 is 2.79 bits per heavy atom. The molecule has 6 nitrogen and oxygen atoms in total. The Hall–Kier alpha value is -1.37. The van der Waals surface area contributed by atoms with Crippen molar-refractivity contribution < 1.29 is 4.74 Å². The SMILES string of the molecule is CC1NNC(C2CCN(c3ccncc3N)CC2)O1. The molecule has 2 saturated heterocycles. The third-order valence-corrected chi connectivity index (χ3v) is 3.92. The highest BCUT2D eigenvalue weighted by Gasteiger charge is 2.32. The van der Waals surface area contributed by atoms with Gasteiger partial charge in [0.15, 0.2) is 0 Å². The minimum absolute atomic E-state index is 0.0962. The van der Waals surface area contributed by atoms with Crippen LogP contribution in [0.3, 0.4) is 0 Å². The van der Waals surface area contributed by atoms with E-state index < -0.39 is 0 Å². The Balaban J connectivity index is 1.59. The van der Waals surface area contributed by atoms with Crippen molar-refractivity contribution >= 4 is 11.4 Å². The van der Waals surface area contributed by atoms with Crippen molar-refractivity contribution in [1.82, 2.24) is 15.8 Å². The number of ether oxygens (including phenoxy) is 1. The van der Waals surface area contributed by atoms with E-state index in [-0.39, 0.29) is 12.5 Å². The summed E-state index contributed by atoms with van der Waals surface area (Å²) in [5, 5.41) is 0. The van der Waals surface area contributed by atoms with Crippen LogP contribution in [0.25, 0.3) is 0 Å². The van der Waals surface area contributed by atoms with Crippen molar-refractivity contribution in [3.8, 4) is 0 Å². The standard InChI is InChI=1S/C13H21N5O/c1-9-16-17-13(19-9)10-3-6-18(7-4-10)12-2-5-15-8-11(12)14/h2,5,8-10,13,16-17H,3-4,6-7,14H2,1H3. The molecule has 3 rings (SSSR count). The molecule has 19 heavy (non-hydrogen) atoms. The lowest BCUT2D eigenvalue weighted by Gasteiger charge is -2.35. The van der Waals surface area contributed by atoms with Gasteiger partial charge in [0.25, 0.3) is 0 Å². The second kappa shape index (κ2) is 5.32. The first-order chi connectivity index (χ1) is 9.24. The number of nitrogen functional groups attached to an aromatic ring is 1. The molecule has 2 aliphatic rings. The highest BCUT2D eigenvalue weighted by molar-refractivity contribution is 5.66. The number of nitrogens with zero attached hydrogens (tertiary/aromatic N) is 2. The van der Waals surface area contributed by atoms with Crippen molar-refractivity contribution in [1.29, 1.82) is 0 Å². The highest BCUT2D eigenvalue weighted by atomic mass is 16.5. The molecule has 3 heterocycles. The molecule has 6 heteroatoms. The molecule has 0 amide bonds. The summed E-state index contributed by atoms with van der Waals surface area (Å²) in [6.45, 7) is 4.03. The maximum Gasteiger partial charge on any atom is 0.125 e. The van der Waals surface area contributed by atoms with Gasteiger partial charge in [-0.15, -0.1) is 0 Å². The van der Waals surface area contributed by atoms with E-state index in [0.717, 1.165) is 37.3 Å². The summed E-state index contributed by atoms with van der Waals surface area (Å²) >= 11 is 0. The molecular weight excluding hydrogens is 242 g/mol. The van der Waals surface area contributed by atoms with E-state index in [1.54, 1.807) is 12.4 Å². The summed E-state index contributed by atoms with van der Waals surface area (Å²) in [6.07, 6.45) is 5.95. The van der Waals surface area contributed by atoms with E-state index in [1.165, 1.54) is 0 Å². The van der Waals surface area contributed by atoms with Gasteiger partial charge in [-0.25, -0.2) is 10.9 Å². The normalized spacial score (nSPS) is 28.8. The van der Waals surface area contributed by atoms with Crippen molar-refractivity contribution in [2.45, 2.75) is 32.2 Å². The number of piperidine rings is 1. The Morgan fingerprint density at radius 2 is 2.16 bits per heavy atom. The van der Waals surface area contributed by atoms with Crippen LogP contribution >= 0.6 is 0 Å². The lowest BCUT2D eigenvalue weighted by molar-refractivity contribution is 0.00288. The predicted molar refractivity (Wildman–Crippen MR) is 74.2 cm³/mol. The first-order valence-corrected chi connectivity index (χ1v) is 6.85. The number of hydrazine groups is 1. The molecule has 0 bridgehead atoms. The summed E-state index contributed by atoms with van der Waals surface area (Å²) in [5.74, 6) is 0.553. The van der Waals surface area contributed by atoms with Crippen molar-refractivity contribution in [3.05, 3.63) is 18.5 Å². The topological polar surface area (TPSA) is 75.4 Å². The molecule has 4 N–H and O–H groups in total. The molecule has 0 aliphatic carbocycles. The van der Waals surface area contributed by atoms with E-state index in [4.69, 9.17) is 10.5 Å². The molecule has 2 aliphatic heterocycles. The largest absolute Gasteiger partial charge is 0.396 e. The first kappa shape index (κ1) is 12.7. The van der Waals surface area contributed by atoms with E-state index in [0.29, 0.717) is 5.92 Å². The molecule has 0 aromatic carbocycles. The van der Waals surface area contributed by atoms with Crippen LogP contribution in [0.2, 0.25) is 0 Å². The first-order valence-electron chi connectivity index (χ1n) is 6.85.